The van der Waals surface area contributed by atoms with E-state index in [4.69, 9.17) is 17.3 Å². The van der Waals surface area contributed by atoms with Gasteiger partial charge in [-0.05, 0) is 26.0 Å². The van der Waals surface area contributed by atoms with E-state index in [1.54, 1.807) is 0 Å². The highest BCUT2D eigenvalue weighted by molar-refractivity contribution is 6.30. The van der Waals surface area contributed by atoms with Gasteiger partial charge in [-0.25, -0.2) is 18.9 Å². The molecule has 0 aliphatic carbocycles. The van der Waals surface area contributed by atoms with Crippen LogP contribution >= 0.6 is 11.6 Å². The van der Waals surface area contributed by atoms with Crippen LogP contribution in [-0.2, 0) is 0 Å². The van der Waals surface area contributed by atoms with Gasteiger partial charge < -0.3 is 15.7 Å². The molecule has 172 valence electrons. The molecule has 0 radical (unpaired) electrons. The summed E-state index contributed by atoms with van der Waals surface area (Å²) in [5.74, 6) is -1.12. The van der Waals surface area contributed by atoms with E-state index in [1.807, 2.05) is 0 Å². The number of hydrogen-bond donors (Lipinski definition) is 2. The highest BCUT2D eigenvalue weighted by Gasteiger charge is 2.48. The van der Waals surface area contributed by atoms with Crippen molar-refractivity contribution in [1.82, 2.24) is 19.6 Å². The number of fused-ring (bicyclic) bond motifs is 1. The molecule has 8 nitrogen and oxygen atoms in total. The van der Waals surface area contributed by atoms with Crippen LogP contribution in [0.15, 0.2) is 36.9 Å². The van der Waals surface area contributed by atoms with Crippen molar-refractivity contribution >= 4 is 29.0 Å². The zero-order valence-electron chi connectivity index (χ0n) is 16.9. The topological polar surface area (TPSA) is 110 Å². The number of aliphatic hydroxyl groups is 1. The summed E-state index contributed by atoms with van der Waals surface area (Å²) in [6, 6.07) is -0.135. The first-order valence-corrected chi connectivity index (χ1v) is 9.61. The largest absolute Gasteiger partial charge is 0.413 e. The molecule has 13 heteroatoms. The van der Waals surface area contributed by atoms with Crippen molar-refractivity contribution in [2.45, 2.75) is 37.8 Å². The van der Waals surface area contributed by atoms with Crippen LogP contribution in [0.4, 0.5) is 23.4 Å². The number of amides is 1. The van der Waals surface area contributed by atoms with Crippen LogP contribution in [0.5, 0.6) is 0 Å². The number of alkyl halides is 4. The molecule has 0 aliphatic heterocycles. The maximum absolute atomic E-state index is 14.8. The van der Waals surface area contributed by atoms with Crippen LogP contribution in [0.25, 0.3) is 5.65 Å². The molecule has 3 heterocycles. The number of hydrogen-bond acceptors (Lipinski definition) is 6. The van der Waals surface area contributed by atoms with Crippen molar-refractivity contribution in [3.8, 4) is 0 Å². The van der Waals surface area contributed by atoms with Crippen LogP contribution in [0, 0.1) is 0 Å². The average molecular weight is 475 g/mol. The Labute approximate surface area is 184 Å². The number of aromatic nitrogens is 4. The number of halogens is 5. The lowest BCUT2D eigenvalue weighted by Crippen LogP contribution is -2.47. The van der Waals surface area contributed by atoms with Crippen molar-refractivity contribution in [2.75, 3.05) is 11.4 Å². The second-order valence-electron chi connectivity index (χ2n) is 7.63. The Bertz CT molecular complexity index is 1110. The van der Waals surface area contributed by atoms with E-state index in [-0.39, 0.29) is 27.6 Å². The molecular weight excluding hydrogens is 456 g/mol. The fourth-order valence-corrected chi connectivity index (χ4v) is 3.15. The van der Waals surface area contributed by atoms with Gasteiger partial charge in [-0.2, -0.15) is 18.3 Å². The second kappa shape index (κ2) is 8.51. The van der Waals surface area contributed by atoms with Gasteiger partial charge >= 0.3 is 6.18 Å². The van der Waals surface area contributed by atoms with Crippen LogP contribution in [0.1, 0.15) is 35.8 Å². The van der Waals surface area contributed by atoms with Gasteiger partial charge in [-0.1, -0.05) is 11.6 Å². The first kappa shape index (κ1) is 23.7. The quantitative estimate of drug-likeness (QED) is 0.509. The Morgan fingerprint density at radius 3 is 2.47 bits per heavy atom. The van der Waals surface area contributed by atoms with Gasteiger partial charge in [0.2, 0.25) is 5.91 Å². The molecule has 3 aromatic heterocycles. The van der Waals surface area contributed by atoms with Crippen molar-refractivity contribution in [3.63, 3.8) is 0 Å². The van der Waals surface area contributed by atoms with Crippen molar-refractivity contribution in [1.29, 1.82) is 0 Å². The minimum atomic E-state index is -4.92. The second-order valence-corrected chi connectivity index (χ2v) is 8.06. The van der Waals surface area contributed by atoms with Crippen LogP contribution in [-0.4, -0.2) is 55.1 Å². The Morgan fingerprint density at radius 1 is 1.25 bits per heavy atom. The van der Waals surface area contributed by atoms with Gasteiger partial charge in [0.05, 0.1) is 35.1 Å². The molecule has 3 N–H and O–H groups in total. The molecule has 3 rings (SSSR count). The average Bonchev–Trinajstić information content (AvgIpc) is 3.08. The molecule has 0 saturated heterocycles. The van der Waals surface area contributed by atoms with E-state index in [2.05, 4.69) is 15.1 Å². The van der Waals surface area contributed by atoms with Gasteiger partial charge in [0.1, 0.15) is 12.0 Å². The summed E-state index contributed by atoms with van der Waals surface area (Å²) in [4.78, 5) is 19.8. The lowest BCUT2D eigenvalue weighted by molar-refractivity contribution is -0.151. The lowest BCUT2D eigenvalue weighted by atomic mass is 10.0. The number of nitrogens with zero attached hydrogens (tertiary/aromatic N) is 5. The first-order valence-electron chi connectivity index (χ1n) is 9.23. The van der Waals surface area contributed by atoms with E-state index in [1.165, 1.54) is 12.3 Å². The highest BCUT2D eigenvalue weighted by atomic mass is 35.5. The molecular formula is C19H19ClF4N6O2. The number of carbonyl (C=O) groups excluding carboxylic acids is 1. The van der Waals surface area contributed by atoms with E-state index < -0.39 is 36.4 Å². The predicted molar refractivity (Wildman–Crippen MR) is 108 cm³/mol. The van der Waals surface area contributed by atoms with Gasteiger partial charge in [0, 0.05) is 18.0 Å². The Kier molecular flexibility index (Phi) is 6.29. The van der Waals surface area contributed by atoms with E-state index >= 15 is 0 Å². The van der Waals surface area contributed by atoms with Crippen molar-refractivity contribution in [2.24, 2.45) is 5.73 Å². The molecule has 0 spiro atoms. The van der Waals surface area contributed by atoms with Crippen LogP contribution in [0.2, 0.25) is 5.02 Å². The van der Waals surface area contributed by atoms with Crippen LogP contribution in [0.3, 0.4) is 0 Å². The number of nitrogens with two attached hydrogens (primary N) is 1. The zero-order valence-corrected chi connectivity index (χ0v) is 17.6. The number of rotatable bonds is 7. The third-order valence-corrected chi connectivity index (χ3v) is 4.91. The minimum Gasteiger partial charge on any atom is -0.387 e. The Balaban J connectivity index is 2.18. The highest BCUT2D eigenvalue weighted by Crippen LogP contribution is 2.41. The standard InChI is InChI=1S/C19H19ClF4N6O2/c1-18(2,32)13(21)9-29(14-4-3-10(5-26-14)16(25)31)15(19(22,23)24)12-7-28-30-8-11(20)6-27-17(12)30/h3-8,13,15,32H,9H2,1-2H3,(H2,25,31)/t13-,15-/m1/s1. The number of carbonyl (C=O) groups is 1. The fraction of sp³-hybridized carbons (Fsp3) is 0.368. The molecule has 0 fully saturated rings. The van der Waals surface area contributed by atoms with Gasteiger partial charge in [-0.15, -0.1) is 0 Å². The van der Waals surface area contributed by atoms with Crippen molar-refractivity contribution < 1.29 is 27.5 Å². The number of anilines is 1. The summed E-state index contributed by atoms with van der Waals surface area (Å²) in [6.45, 7) is 1.41. The van der Waals surface area contributed by atoms with Gasteiger partial charge in [0.15, 0.2) is 11.7 Å². The van der Waals surface area contributed by atoms with Crippen LogP contribution < -0.4 is 10.6 Å². The summed E-state index contributed by atoms with van der Waals surface area (Å²) in [5, 5.41) is 14.0. The van der Waals surface area contributed by atoms with E-state index in [0.29, 0.717) is 4.90 Å². The zero-order chi connectivity index (χ0) is 23.8. The molecule has 0 bridgehead atoms. The third kappa shape index (κ3) is 4.91. The SMILES string of the molecule is CC(C)(O)[C@H](F)CN(c1ccc(C(N)=O)cn1)[C@H](c1cnn2cc(Cl)cnc12)C(F)(F)F. The maximum Gasteiger partial charge on any atom is 0.413 e. The maximum atomic E-state index is 14.8. The number of primary amides is 1. The fourth-order valence-electron chi connectivity index (χ4n) is 3.01. The van der Waals surface area contributed by atoms with Crippen molar-refractivity contribution in [3.05, 3.63) is 53.1 Å². The summed E-state index contributed by atoms with van der Waals surface area (Å²) in [5.41, 5.74) is 2.67. The van der Waals surface area contributed by atoms with E-state index in [9.17, 15) is 27.5 Å². The lowest BCUT2D eigenvalue weighted by Gasteiger charge is -2.36. The Hall–Kier alpha value is -2.99. The number of pyridine rings is 1. The minimum absolute atomic E-state index is 0.0381. The smallest absolute Gasteiger partial charge is 0.387 e. The molecule has 2 atom stereocenters. The summed E-state index contributed by atoms with van der Waals surface area (Å²) in [7, 11) is 0. The summed E-state index contributed by atoms with van der Waals surface area (Å²) in [6.07, 6.45) is -2.63. The normalized spacial score (nSPS) is 14.4. The molecule has 0 unspecified atom stereocenters. The molecule has 3 aromatic rings. The van der Waals surface area contributed by atoms with Gasteiger partial charge in [-0.3, -0.25) is 4.79 Å². The summed E-state index contributed by atoms with van der Waals surface area (Å²) < 4.78 is 58.9. The Morgan fingerprint density at radius 2 is 1.94 bits per heavy atom. The molecule has 0 aromatic carbocycles. The third-order valence-electron chi connectivity index (χ3n) is 4.72. The summed E-state index contributed by atoms with van der Waals surface area (Å²) >= 11 is 5.83. The monoisotopic (exact) mass is 474 g/mol. The molecule has 0 aliphatic rings. The van der Waals surface area contributed by atoms with E-state index in [0.717, 1.165) is 43.0 Å². The molecule has 0 saturated carbocycles. The molecule has 1 amide bonds. The van der Waals surface area contributed by atoms with Gasteiger partial charge in [0.25, 0.3) is 0 Å². The predicted octanol–water partition coefficient (Wildman–Crippen LogP) is 3.10. The first-order chi connectivity index (χ1) is 14.8. The molecule has 32 heavy (non-hydrogen) atoms.